The Labute approximate surface area is 77.6 Å². The Bertz CT molecular complexity index is 134. The van der Waals surface area contributed by atoms with E-state index in [2.05, 4.69) is 29.8 Å². The van der Waals surface area contributed by atoms with Crippen molar-refractivity contribution >= 4 is 15.9 Å². The van der Waals surface area contributed by atoms with Crippen LogP contribution in [-0.4, -0.2) is 18.0 Å². The van der Waals surface area contributed by atoms with Crippen LogP contribution >= 0.6 is 15.9 Å². The normalized spacial score (nSPS) is 30.5. The molecule has 0 bridgehead atoms. The molecule has 0 aliphatic heterocycles. The number of halogens is 1. The average Bonchev–Trinajstić information content (AvgIpc) is 2.67. The van der Waals surface area contributed by atoms with Crippen LogP contribution in [0.25, 0.3) is 0 Å². The van der Waals surface area contributed by atoms with Crippen LogP contribution in [0.15, 0.2) is 0 Å². The van der Waals surface area contributed by atoms with E-state index in [1.165, 1.54) is 12.8 Å². The molecule has 11 heavy (non-hydrogen) atoms. The fourth-order valence-electron chi connectivity index (χ4n) is 1.46. The average molecular weight is 221 g/mol. The second-order valence-electron chi connectivity index (χ2n) is 4.08. The van der Waals surface area contributed by atoms with Gasteiger partial charge in [-0.3, -0.25) is 0 Å². The summed E-state index contributed by atoms with van der Waals surface area (Å²) < 4.78 is 5.37. The number of ether oxygens (including phenoxy) is 1. The molecule has 0 heterocycles. The minimum absolute atomic E-state index is 0.0849. The highest BCUT2D eigenvalue weighted by Crippen LogP contribution is 2.45. The first kappa shape index (κ1) is 9.53. The zero-order valence-electron chi connectivity index (χ0n) is 7.56. The maximum absolute atomic E-state index is 5.37. The highest BCUT2D eigenvalue weighted by atomic mass is 79.9. The summed E-state index contributed by atoms with van der Waals surface area (Å²) in [6.07, 6.45) is 2.60. The number of alkyl halides is 1. The highest BCUT2D eigenvalue weighted by Gasteiger charge is 2.39. The van der Waals surface area contributed by atoms with Crippen molar-refractivity contribution in [2.24, 2.45) is 11.8 Å². The van der Waals surface area contributed by atoms with Gasteiger partial charge in [-0.05, 0) is 38.5 Å². The predicted octanol–water partition coefficient (Wildman–Crippen LogP) is 2.83. The van der Waals surface area contributed by atoms with Gasteiger partial charge in [-0.15, -0.1) is 0 Å². The van der Waals surface area contributed by atoms with E-state index in [0.29, 0.717) is 0 Å². The van der Waals surface area contributed by atoms with Crippen LogP contribution in [0.1, 0.15) is 26.7 Å². The molecule has 2 unspecified atom stereocenters. The second kappa shape index (κ2) is 3.44. The molecule has 0 aromatic rings. The lowest BCUT2D eigenvalue weighted by Crippen LogP contribution is -2.23. The molecule has 1 aliphatic carbocycles. The van der Waals surface area contributed by atoms with E-state index in [1.54, 1.807) is 7.11 Å². The largest absolute Gasteiger partial charge is 0.379 e. The summed E-state index contributed by atoms with van der Waals surface area (Å²) >= 11 is 3.51. The van der Waals surface area contributed by atoms with E-state index >= 15 is 0 Å². The lowest BCUT2D eigenvalue weighted by Gasteiger charge is -2.22. The molecule has 0 aromatic carbocycles. The Balaban J connectivity index is 2.22. The first-order valence-electron chi connectivity index (χ1n) is 4.20. The smallest absolute Gasteiger partial charge is 0.0625 e. The standard InChI is InChI=1S/C9H17BrO/c1-9(2,11-3)5-7-4-8(7)6-10/h7-8H,4-6H2,1-3H3. The van der Waals surface area contributed by atoms with Gasteiger partial charge in [0, 0.05) is 12.4 Å². The monoisotopic (exact) mass is 220 g/mol. The third-order valence-corrected chi connectivity index (χ3v) is 3.41. The number of methoxy groups -OCH3 is 1. The van der Waals surface area contributed by atoms with Crippen LogP contribution in [-0.2, 0) is 4.74 Å². The summed E-state index contributed by atoms with van der Waals surface area (Å²) in [4.78, 5) is 0. The van der Waals surface area contributed by atoms with Crippen molar-refractivity contribution in [3.8, 4) is 0 Å². The maximum Gasteiger partial charge on any atom is 0.0625 e. The van der Waals surface area contributed by atoms with Crippen molar-refractivity contribution in [2.75, 3.05) is 12.4 Å². The van der Waals surface area contributed by atoms with Gasteiger partial charge < -0.3 is 4.74 Å². The lowest BCUT2D eigenvalue weighted by molar-refractivity contribution is 0.00995. The molecule has 0 N–H and O–H groups in total. The van der Waals surface area contributed by atoms with Crippen LogP contribution < -0.4 is 0 Å². The molecule has 0 radical (unpaired) electrons. The van der Waals surface area contributed by atoms with Crippen molar-refractivity contribution in [3.63, 3.8) is 0 Å². The topological polar surface area (TPSA) is 9.23 Å². The van der Waals surface area contributed by atoms with Gasteiger partial charge in [0.05, 0.1) is 5.60 Å². The second-order valence-corrected chi connectivity index (χ2v) is 4.73. The van der Waals surface area contributed by atoms with Gasteiger partial charge in [-0.25, -0.2) is 0 Å². The molecule has 2 heteroatoms. The molecule has 0 aromatic heterocycles. The third kappa shape index (κ3) is 2.75. The minimum atomic E-state index is 0.0849. The summed E-state index contributed by atoms with van der Waals surface area (Å²) in [5.74, 6) is 1.83. The van der Waals surface area contributed by atoms with Gasteiger partial charge in [0.1, 0.15) is 0 Å². The third-order valence-electron chi connectivity index (χ3n) is 2.57. The van der Waals surface area contributed by atoms with Gasteiger partial charge in [0.2, 0.25) is 0 Å². The fraction of sp³-hybridized carbons (Fsp3) is 1.00. The maximum atomic E-state index is 5.37. The molecule has 1 nitrogen and oxygen atoms in total. The Morgan fingerprint density at radius 2 is 2.09 bits per heavy atom. The van der Waals surface area contributed by atoms with E-state index in [0.717, 1.165) is 17.2 Å². The van der Waals surface area contributed by atoms with E-state index in [-0.39, 0.29) is 5.60 Å². The van der Waals surface area contributed by atoms with Gasteiger partial charge >= 0.3 is 0 Å². The summed E-state index contributed by atoms with van der Waals surface area (Å²) in [5, 5.41) is 1.16. The quantitative estimate of drug-likeness (QED) is 0.663. The van der Waals surface area contributed by atoms with E-state index in [4.69, 9.17) is 4.74 Å². The molecule has 1 aliphatic rings. The molecular weight excluding hydrogens is 204 g/mol. The summed E-state index contributed by atoms with van der Waals surface area (Å²) in [7, 11) is 1.80. The number of rotatable bonds is 4. The SMILES string of the molecule is COC(C)(C)CC1CC1CBr. The van der Waals surface area contributed by atoms with Crippen LogP contribution in [0.2, 0.25) is 0 Å². The fourth-order valence-corrected chi connectivity index (χ4v) is 2.26. The zero-order valence-corrected chi connectivity index (χ0v) is 9.15. The summed E-state index contributed by atoms with van der Waals surface area (Å²) in [5.41, 5.74) is 0.0849. The highest BCUT2D eigenvalue weighted by molar-refractivity contribution is 9.09. The molecule has 0 amide bonds. The Kier molecular flexibility index (Phi) is 2.98. The van der Waals surface area contributed by atoms with Crippen molar-refractivity contribution in [3.05, 3.63) is 0 Å². The zero-order chi connectivity index (χ0) is 8.48. The summed E-state index contributed by atoms with van der Waals surface area (Å²) in [6.45, 7) is 4.33. The molecule has 1 saturated carbocycles. The van der Waals surface area contributed by atoms with Crippen molar-refractivity contribution in [1.29, 1.82) is 0 Å². The first-order chi connectivity index (χ1) is 5.09. The van der Waals surface area contributed by atoms with Crippen molar-refractivity contribution in [1.82, 2.24) is 0 Å². The van der Waals surface area contributed by atoms with Crippen LogP contribution in [0.4, 0.5) is 0 Å². The van der Waals surface area contributed by atoms with Crippen molar-refractivity contribution < 1.29 is 4.74 Å². The van der Waals surface area contributed by atoms with E-state index < -0.39 is 0 Å². The van der Waals surface area contributed by atoms with Gasteiger partial charge in [-0.1, -0.05) is 15.9 Å². The van der Waals surface area contributed by atoms with E-state index in [9.17, 15) is 0 Å². The van der Waals surface area contributed by atoms with Crippen molar-refractivity contribution in [2.45, 2.75) is 32.3 Å². The summed E-state index contributed by atoms with van der Waals surface area (Å²) in [6, 6.07) is 0. The van der Waals surface area contributed by atoms with Gasteiger partial charge in [0.15, 0.2) is 0 Å². The number of hydrogen-bond donors (Lipinski definition) is 0. The van der Waals surface area contributed by atoms with Crippen LogP contribution in [0.5, 0.6) is 0 Å². The molecule has 66 valence electrons. The van der Waals surface area contributed by atoms with Gasteiger partial charge in [0.25, 0.3) is 0 Å². The molecule has 1 fully saturated rings. The minimum Gasteiger partial charge on any atom is -0.379 e. The van der Waals surface area contributed by atoms with Crippen LogP contribution in [0, 0.1) is 11.8 Å². The molecule has 0 spiro atoms. The Hall–Kier alpha value is 0.440. The first-order valence-corrected chi connectivity index (χ1v) is 5.32. The van der Waals surface area contributed by atoms with Crippen LogP contribution in [0.3, 0.4) is 0 Å². The molecule has 1 rings (SSSR count). The molecule has 2 atom stereocenters. The Morgan fingerprint density at radius 3 is 2.45 bits per heavy atom. The van der Waals surface area contributed by atoms with Gasteiger partial charge in [-0.2, -0.15) is 0 Å². The molecule has 0 saturated heterocycles. The number of hydrogen-bond acceptors (Lipinski definition) is 1. The predicted molar refractivity (Wildman–Crippen MR) is 51.1 cm³/mol. The Morgan fingerprint density at radius 1 is 1.45 bits per heavy atom. The lowest BCUT2D eigenvalue weighted by atomic mass is 10.0. The van der Waals surface area contributed by atoms with E-state index in [1.807, 2.05) is 0 Å². The molecular formula is C9H17BrO.